The molecule has 2 aromatic heterocycles. The van der Waals surface area contributed by atoms with E-state index in [1.165, 1.54) is 11.8 Å². The number of hydrogen-bond acceptors (Lipinski definition) is 7. The summed E-state index contributed by atoms with van der Waals surface area (Å²) in [5.74, 6) is 1.90. The van der Waals surface area contributed by atoms with Gasteiger partial charge in [0.2, 0.25) is 11.9 Å². The van der Waals surface area contributed by atoms with Gasteiger partial charge in [0.15, 0.2) is 16.8 Å². The number of nitrogens with zero attached hydrogens (tertiary/aromatic N) is 4. The third-order valence-electron chi connectivity index (χ3n) is 4.87. The van der Waals surface area contributed by atoms with E-state index in [2.05, 4.69) is 35.8 Å². The van der Waals surface area contributed by atoms with Crippen LogP contribution in [0.4, 0.5) is 17.5 Å². The fourth-order valence-electron chi connectivity index (χ4n) is 3.07. The molecule has 1 saturated carbocycles. The van der Waals surface area contributed by atoms with Crippen molar-refractivity contribution in [1.82, 2.24) is 25.1 Å². The molecule has 8 nitrogen and oxygen atoms in total. The van der Waals surface area contributed by atoms with Crippen molar-refractivity contribution in [2.24, 2.45) is 5.92 Å². The second-order valence-corrected chi connectivity index (χ2v) is 8.62. The van der Waals surface area contributed by atoms with E-state index >= 15 is 0 Å². The minimum absolute atomic E-state index is 0.0969. The summed E-state index contributed by atoms with van der Waals surface area (Å²) in [7, 11) is 0. The fraction of sp³-hybridized carbons (Fsp3) is 0.174. The second-order valence-electron chi connectivity index (χ2n) is 7.58. The minimum atomic E-state index is 0.0969. The van der Waals surface area contributed by atoms with Gasteiger partial charge in [-0.25, -0.2) is 4.98 Å². The Bertz CT molecular complexity index is 1240. The Labute approximate surface area is 189 Å². The molecule has 1 aliphatic carbocycles. The van der Waals surface area contributed by atoms with Crippen molar-refractivity contribution in [3.8, 4) is 11.4 Å². The zero-order chi connectivity index (χ0) is 21.9. The first-order chi connectivity index (χ1) is 15.6. The van der Waals surface area contributed by atoms with Gasteiger partial charge in [-0.2, -0.15) is 15.1 Å². The molecule has 2 heterocycles. The highest BCUT2D eigenvalue weighted by molar-refractivity contribution is 7.99. The molecule has 0 bridgehead atoms. The van der Waals surface area contributed by atoms with Gasteiger partial charge in [0.1, 0.15) is 0 Å². The number of H-pyrrole nitrogens is 1. The van der Waals surface area contributed by atoms with Gasteiger partial charge in [-0.05, 0) is 55.8 Å². The highest BCUT2D eigenvalue weighted by atomic mass is 32.2. The topological polar surface area (TPSA) is 108 Å². The maximum Gasteiger partial charge on any atom is 0.233 e. The van der Waals surface area contributed by atoms with Crippen molar-refractivity contribution in [1.29, 1.82) is 0 Å². The van der Waals surface area contributed by atoms with Crippen molar-refractivity contribution in [2.75, 3.05) is 10.6 Å². The molecule has 4 aromatic rings. The number of nitrogens with one attached hydrogen (secondary N) is 3. The molecule has 160 valence electrons. The lowest BCUT2D eigenvalue weighted by molar-refractivity contribution is -0.117. The van der Waals surface area contributed by atoms with Crippen LogP contribution in [0.25, 0.3) is 11.4 Å². The van der Waals surface area contributed by atoms with E-state index in [9.17, 15) is 4.79 Å². The van der Waals surface area contributed by atoms with Crippen LogP contribution in [0, 0.1) is 12.8 Å². The summed E-state index contributed by atoms with van der Waals surface area (Å²) in [6.07, 6.45) is 1.97. The summed E-state index contributed by atoms with van der Waals surface area (Å²) in [6.45, 7) is 1.93. The first kappa shape index (κ1) is 20.2. The van der Waals surface area contributed by atoms with Crippen LogP contribution in [0.5, 0.6) is 0 Å². The monoisotopic (exact) mass is 443 g/mol. The van der Waals surface area contributed by atoms with Crippen molar-refractivity contribution in [3.63, 3.8) is 0 Å². The number of amides is 1. The van der Waals surface area contributed by atoms with Crippen LogP contribution >= 0.6 is 11.8 Å². The lowest BCUT2D eigenvalue weighted by Gasteiger charge is -2.08. The standard InChI is InChI=1S/C23H21N7OS/c1-14-13-19(30-29-14)25-22-26-20(15-5-3-2-4-6-15)27-23(28-22)32-18-11-9-17(10-12-18)24-21(31)16-7-8-16/h2-6,9-13,16H,7-8H2,1H3,(H,24,31)(H2,25,26,27,28,29,30). The van der Waals surface area contributed by atoms with E-state index in [0.717, 1.165) is 34.7 Å². The number of rotatable bonds is 7. The predicted molar refractivity (Wildman–Crippen MR) is 124 cm³/mol. The number of aromatic amines is 1. The van der Waals surface area contributed by atoms with Gasteiger partial charge in [-0.3, -0.25) is 9.89 Å². The van der Waals surface area contributed by atoms with E-state index in [4.69, 9.17) is 0 Å². The fourth-order valence-corrected chi connectivity index (χ4v) is 3.82. The van der Waals surface area contributed by atoms with Crippen LogP contribution in [0.15, 0.2) is 70.7 Å². The molecule has 2 aromatic carbocycles. The molecule has 0 unspecified atom stereocenters. The molecule has 1 amide bonds. The van der Waals surface area contributed by atoms with Crippen molar-refractivity contribution < 1.29 is 4.79 Å². The Hall–Kier alpha value is -3.72. The highest BCUT2D eigenvalue weighted by Gasteiger charge is 2.29. The first-order valence-electron chi connectivity index (χ1n) is 10.3. The number of aromatic nitrogens is 5. The van der Waals surface area contributed by atoms with E-state index in [1.807, 2.05) is 67.6 Å². The zero-order valence-electron chi connectivity index (χ0n) is 17.4. The average Bonchev–Trinajstić information content (AvgIpc) is 3.58. The number of aryl methyl sites for hydroxylation is 1. The SMILES string of the molecule is Cc1cc(Nc2nc(Sc3ccc(NC(=O)C4CC4)cc3)nc(-c3ccccc3)n2)n[nH]1. The highest BCUT2D eigenvalue weighted by Crippen LogP contribution is 2.31. The zero-order valence-corrected chi connectivity index (χ0v) is 18.2. The lowest BCUT2D eigenvalue weighted by Crippen LogP contribution is -2.12. The van der Waals surface area contributed by atoms with Crippen LogP contribution in [0.2, 0.25) is 0 Å². The van der Waals surface area contributed by atoms with E-state index in [0.29, 0.717) is 22.7 Å². The van der Waals surface area contributed by atoms with Gasteiger partial charge in [0, 0.05) is 33.8 Å². The summed E-state index contributed by atoms with van der Waals surface area (Å²) in [5.41, 5.74) is 2.63. The van der Waals surface area contributed by atoms with E-state index < -0.39 is 0 Å². The molecule has 0 aliphatic heterocycles. The minimum Gasteiger partial charge on any atom is -0.326 e. The van der Waals surface area contributed by atoms with Crippen molar-refractivity contribution in [3.05, 3.63) is 66.4 Å². The Kier molecular flexibility index (Phi) is 5.55. The first-order valence-corrected chi connectivity index (χ1v) is 11.1. The number of carbonyl (C=O) groups excluding carboxylic acids is 1. The molecule has 0 spiro atoms. The molecule has 1 fully saturated rings. The molecular weight excluding hydrogens is 422 g/mol. The van der Waals surface area contributed by atoms with Gasteiger partial charge >= 0.3 is 0 Å². The third-order valence-corrected chi connectivity index (χ3v) is 5.74. The third kappa shape index (κ3) is 4.94. The molecule has 1 aliphatic rings. The van der Waals surface area contributed by atoms with Gasteiger partial charge in [0.25, 0.3) is 0 Å². The number of hydrogen-bond donors (Lipinski definition) is 3. The molecule has 9 heteroatoms. The van der Waals surface area contributed by atoms with Gasteiger partial charge in [-0.1, -0.05) is 30.3 Å². The Morgan fingerprint density at radius 3 is 2.50 bits per heavy atom. The summed E-state index contributed by atoms with van der Waals surface area (Å²) in [5, 5.41) is 13.8. The molecule has 0 saturated heterocycles. The van der Waals surface area contributed by atoms with Crippen LogP contribution in [0.1, 0.15) is 18.5 Å². The summed E-state index contributed by atoms with van der Waals surface area (Å²) < 4.78 is 0. The van der Waals surface area contributed by atoms with Crippen molar-refractivity contribution >= 4 is 35.1 Å². The molecule has 3 N–H and O–H groups in total. The maximum atomic E-state index is 12.0. The lowest BCUT2D eigenvalue weighted by atomic mass is 10.2. The van der Waals surface area contributed by atoms with Gasteiger partial charge in [0.05, 0.1) is 0 Å². The number of carbonyl (C=O) groups is 1. The average molecular weight is 444 g/mol. The predicted octanol–water partition coefficient (Wildman–Crippen LogP) is 4.81. The summed E-state index contributed by atoms with van der Waals surface area (Å²) in [4.78, 5) is 26.7. The molecule has 0 radical (unpaired) electrons. The Morgan fingerprint density at radius 2 is 1.81 bits per heavy atom. The van der Waals surface area contributed by atoms with Crippen LogP contribution in [-0.2, 0) is 4.79 Å². The van der Waals surface area contributed by atoms with Gasteiger partial charge < -0.3 is 10.6 Å². The normalized spacial score (nSPS) is 13.0. The Balaban J connectivity index is 1.39. The number of anilines is 3. The largest absolute Gasteiger partial charge is 0.326 e. The van der Waals surface area contributed by atoms with Crippen LogP contribution in [-0.4, -0.2) is 31.1 Å². The molecular formula is C23H21N7OS. The quantitative estimate of drug-likeness (QED) is 0.376. The maximum absolute atomic E-state index is 12.0. The molecule has 5 rings (SSSR count). The summed E-state index contributed by atoms with van der Waals surface area (Å²) >= 11 is 1.43. The Morgan fingerprint density at radius 1 is 1.03 bits per heavy atom. The van der Waals surface area contributed by atoms with Crippen LogP contribution < -0.4 is 10.6 Å². The van der Waals surface area contributed by atoms with Crippen LogP contribution in [0.3, 0.4) is 0 Å². The van der Waals surface area contributed by atoms with E-state index in [1.54, 1.807) is 0 Å². The second kappa shape index (κ2) is 8.80. The smallest absolute Gasteiger partial charge is 0.233 e. The van der Waals surface area contributed by atoms with Gasteiger partial charge in [-0.15, -0.1) is 0 Å². The molecule has 32 heavy (non-hydrogen) atoms. The molecule has 0 atom stereocenters. The van der Waals surface area contributed by atoms with E-state index in [-0.39, 0.29) is 11.8 Å². The van der Waals surface area contributed by atoms with Crippen molar-refractivity contribution in [2.45, 2.75) is 29.8 Å². The number of benzene rings is 2. The summed E-state index contributed by atoms with van der Waals surface area (Å²) in [6, 6.07) is 19.3.